The summed E-state index contributed by atoms with van der Waals surface area (Å²) in [6, 6.07) is 7.53. The van der Waals surface area contributed by atoms with Gasteiger partial charge in [-0.05, 0) is 36.5 Å². The van der Waals surface area contributed by atoms with Crippen LogP contribution in [0.3, 0.4) is 0 Å². The van der Waals surface area contributed by atoms with Gasteiger partial charge in [-0.25, -0.2) is 4.79 Å². The first-order chi connectivity index (χ1) is 14.9. The Bertz CT molecular complexity index is 836. The van der Waals surface area contributed by atoms with Crippen LogP contribution in [0.4, 0.5) is 4.79 Å². The van der Waals surface area contributed by atoms with Gasteiger partial charge in [0.2, 0.25) is 5.91 Å². The summed E-state index contributed by atoms with van der Waals surface area (Å²) < 4.78 is 7.86. The fourth-order valence-corrected chi connectivity index (χ4v) is 3.53. The SMILES string of the molecule is CCCCNC(=O)NC(=O)CSc1nnc(COc2ccc(CC)cc2)n1CC(C)C. The van der Waals surface area contributed by atoms with E-state index in [2.05, 4.69) is 41.6 Å². The van der Waals surface area contributed by atoms with Crippen molar-refractivity contribution in [1.29, 1.82) is 0 Å². The van der Waals surface area contributed by atoms with Gasteiger partial charge >= 0.3 is 6.03 Å². The average Bonchev–Trinajstić information content (AvgIpc) is 3.12. The molecule has 9 heteroatoms. The lowest BCUT2D eigenvalue weighted by atomic mass is 10.2. The molecule has 0 aliphatic heterocycles. The molecule has 31 heavy (non-hydrogen) atoms. The van der Waals surface area contributed by atoms with Gasteiger partial charge in [-0.1, -0.05) is 58.0 Å². The molecule has 8 nitrogen and oxygen atoms in total. The fourth-order valence-electron chi connectivity index (χ4n) is 2.77. The Hall–Kier alpha value is -2.55. The third-order valence-electron chi connectivity index (χ3n) is 4.44. The molecule has 2 N–H and O–H groups in total. The van der Waals surface area contributed by atoms with E-state index in [1.54, 1.807) is 0 Å². The number of imide groups is 1. The first-order valence-corrected chi connectivity index (χ1v) is 11.8. The lowest BCUT2D eigenvalue weighted by Crippen LogP contribution is -2.40. The second kappa shape index (κ2) is 13.0. The first-order valence-electron chi connectivity index (χ1n) is 10.8. The van der Waals surface area contributed by atoms with Gasteiger partial charge in [0, 0.05) is 13.1 Å². The Kier molecular flexibility index (Phi) is 10.4. The number of nitrogens with one attached hydrogen (secondary N) is 2. The van der Waals surface area contributed by atoms with Crippen LogP contribution in [0.15, 0.2) is 29.4 Å². The van der Waals surface area contributed by atoms with Crippen LogP contribution in [0.2, 0.25) is 0 Å². The van der Waals surface area contributed by atoms with E-state index in [-0.39, 0.29) is 18.3 Å². The number of rotatable bonds is 12. The molecular formula is C22H33N5O3S. The normalized spacial score (nSPS) is 10.9. The summed E-state index contributed by atoms with van der Waals surface area (Å²) in [5.41, 5.74) is 1.26. The smallest absolute Gasteiger partial charge is 0.321 e. The van der Waals surface area contributed by atoms with E-state index in [0.717, 1.165) is 25.0 Å². The highest BCUT2D eigenvalue weighted by Crippen LogP contribution is 2.20. The molecule has 0 aliphatic carbocycles. The number of benzene rings is 1. The maximum absolute atomic E-state index is 12.1. The van der Waals surface area contributed by atoms with Crippen molar-refractivity contribution in [2.24, 2.45) is 5.92 Å². The van der Waals surface area contributed by atoms with Crippen molar-refractivity contribution in [3.63, 3.8) is 0 Å². The minimum atomic E-state index is -0.467. The summed E-state index contributed by atoms with van der Waals surface area (Å²) >= 11 is 1.26. The van der Waals surface area contributed by atoms with Gasteiger partial charge < -0.3 is 14.6 Å². The molecule has 1 aromatic carbocycles. The molecule has 0 fully saturated rings. The minimum absolute atomic E-state index is 0.0801. The highest BCUT2D eigenvalue weighted by Gasteiger charge is 2.16. The molecule has 0 atom stereocenters. The van der Waals surface area contributed by atoms with Crippen molar-refractivity contribution in [3.8, 4) is 5.75 Å². The Morgan fingerprint density at radius 1 is 1.16 bits per heavy atom. The summed E-state index contributed by atoms with van der Waals surface area (Å²) in [6.45, 7) is 9.92. The van der Waals surface area contributed by atoms with Gasteiger partial charge in [0.05, 0.1) is 5.75 Å². The third kappa shape index (κ3) is 8.61. The van der Waals surface area contributed by atoms with Gasteiger partial charge in [-0.2, -0.15) is 0 Å². The molecular weight excluding hydrogens is 414 g/mol. The first kappa shape index (κ1) is 24.7. The van der Waals surface area contributed by atoms with Crippen molar-refractivity contribution in [2.45, 2.75) is 65.3 Å². The van der Waals surface area contributed by atoms with E-state index < -0.39 is 6.03 Å². The highest BCUT2D eigenvalue weighted by atomic mass is 32.2. The van der Waals surface area contributed by atoms with Crippen molar-refractivity contribution in [1.82, 2.24) is 25.4 Å². The number of nitrogens with zero attached hydrogens (tertiary/aromatic N) is 3. The summed E-state index contributed by atoms with van der Waals surface area (Å²) in [6.07, 6.45) is 2.84. The largest absolute Gasteiger partial charge is 0.486 e. The van der Waals surface area contributed by atoms with E-state index in [9.17, 15) is 9.59 Å². The number of aromatic nitrogens is 3. The number of thioether (sulfide) groups is 1. The van der Waals surface area contributed by atoms with Crippen molar-refractivity contribution < 1.29 is 14.3 Å². The molecule has 0 saturated carbocycles. The van der Waals surface area contributed by atoms with E-state index in [4.69, 9.17) is 4.74 Å². The predicted molar refractivity (Wildman–Crippen MR) is 122 cm³/mol. The van der Waals surface area contributed by atoms with Gasteiger partial charge in [0.1, 0.15) is 12.4 Å². The van der Waals surface area contributed by atoms with Gasteiger partial charge in [-0.3, -0.25) is 10.1 Å². The van der Waals surface area contributed by atoms with Crippen LogP contribution in [-0.4, -0.2) is 39.0 Å². The molecule has 170 valence electrons. The molecule has 0 radical (unpaired) electrons. The van der Waals surface area contributed by atoms with Crippen LogP contribution in [0.25, 0.3) is 0 Å². The lowest BCUT2D eigenvalue weighted by molar-refractivity contribution is -0.117. The van der Waals surface area contributed by atoms with E-state index in [0.29, 0.717) is 30.0 Å². The van der Waals surface area contributed by atoms with Crippen LogP contribution in [0.5, 0.6) is 5.75 Å². The zero-order chi connectivity index (χ0) is 22.6. The maximum atomic E-state index is 12.1. The Morgan fingerprint density at radius 2 is 1.90 bits per heavy atom. The second-order valence-corrected chi connectivity index (χ2v) is 8.58. The molecule has 1 aromatic heterocycles. The number of unbranched alkanes of at least 4 members (excludes halogenated alkanes) is 1. The van der Waals surface area contributed by atoms with Gasteiger partial charge in [0.25, 0.3) is 0 Å². The van der Waals surface area contributed by atoms with Gasteiger partial charge in [-0.15, -0.1) is 10.2 Å². The number of urea groups is 1. The van der Waals surface area contributed by atoms with Crippen molar-refractivity contribution in [2.75, 3.05) is 12.3 Å². The number of hydrogen-bond donors (Lipinski definition) is 2. The molecule has 3 amide bonds. The molecule has 2 rings (SSSR count). The molecule has 0 saturated heterocycles. The minimum Gasteiger partial charge on any atom is -0.486 e. The number of carbonyl (C=O) groups is 2. The molecule has 0 spiro atoms. The Labute approximate surface area is 188 Å². The number of amides is 3. The second-order valence-electron chi connectivity index (χ2n) is 7.64. The topological polar surface area (TPSA) is 98.1 Å². The van der Waals surface area contributed by atoms with E-state index in [1.165, 1.54) is 17.3 Å². The van der Waals surface area contributed by atoms with Crippen LogP contribution in [-0.2, 0) is 24.4 Å². The quantitative estimate of drug-likeness (QED) is 0.379. The van der Waals surface area contributed by atoms with Crippen molar-refractivity contribution >= 4 is 23.7 Å². The fraction of sp³-hybridized carbons (Fsp3) is 0.545. The van der Waals surface area contributed by atoms with Crippen LogP contribution in [0, 0.1) is 5.92 Å². The maximum Gasteiger partial charge on any atom is 0.321 e. The van der Waals surface area contributed by atoms with Crippen LogP contribution in [0.1, 0.15) is 51.9 Å². The van der Waals surface area contributed by atoms with Crippen LogP contribution >= 0.6 is 11.8 Å². The number of carbonyl (C=O) groups excluding carboxylic acids is 2. The van der Waals surface area contributed by atoms with Gasteiger partial charge in [0.15, 0.2) is 11.0 Å². The molecule has 2 aromatic rings. The molecule has 0 unspecified atom stereocenters. The van der Waals surface area contributed by atoms with Crippen LogP contribution < -0.4 is 15.4 Å². The number of aryl methyl sites for hydroxylation is 1. The van der Waals surface area contributed by atoms with Crippen molar-refractivity contribution in [3.05, 3.63) is 35.7 Å². The lowest BCUT2D eigenvalue weighted by Gasteiger charge is -2.13. The Balaban J connectivity index is 1.94. The zero-order valence-corrected chi connectivity index (χ0v) is 19.6. The van der Waals surface area contributed by atoms with E-state index >= 15 is 0 Å². The summed E-state index contributed by atoms with van der Waals surface area (Å²) in [5.74, 6) is 1.56. The summed E-state index contributed by atoms with van der Waals surface area (Å²) in [5, 5.41) is 14.1. The molecule has 1 heterocycles. The predicted octanol–water partition coefficient (Wildman–Crippen LogP) is 3.79. The number of hydrogen-bond acceptors (Lipinski definition) is 6. The zero-order valence-electron chi connectivity index (χ0n) is 18.8. The van der Waals surface area contributed by atoms with E-state index in [1.807, 2.05) is 35.8 Å². The monoisotopic (exact) mass is 447 g/mol. The molecule has 0 bridgehead atoms. The average molecular weight is 448 g/mol. The summed E-state index contributed by atoms with van der Waals surface area (Å²) in [7, 11) is 0. The highest BCUT2D eigenvalue weighted by molar-refractivity contribution is 7.99. The third-order valence-corrected chi connectivity index (χ3v) is 5.41. The summed E-state index contributed by atoms with van der Waals surface area (Å²) in [4.78, 5) is 23.8. The standard InChI is InChI=1S/C22H33N5O3S/c1-5-7-12-23-21(29)24-20(28)15-31-22-26-25-19(27(22)13-16(3)4)14-30-18-10-8-17(6-2)9-11-18/h8-11,16H,5-7,12-15H2,1-4H3,(H2,23,24,28,29). The number of ether oxygens (including phenoxy) is 1. The Morgan fingerprint density at radius 3 is 2.55 bits per heavy atom. The molecule has 0 aliphatic rings.